The maximum Gasteiger partial charge on any atom is 0.407 e. The van der Waals surface area contributed by atoms with Gasteiger partial charge in [-0.05, 0) is 31.9 Å². The third kappa shape index (κ3) is 3.66. The number of carboxylic acid groups (broad SMARTS) is 1. The number of amides is 1. The van der Waals surface area contributed by atoms with Gasteiger partial charge < -0.3 is 14.5 Å². The predicted octanol–water partition coefficient (Wildman–Crippen LogP) is 4.71. The van der Waals surface area contributed by atoms with Gasteiger partial charge in [-0.3, -0.25) is 4.90 Å². The fourth-order valence-corrected chi connectivity index (χ4v) is 4.32. The number of rotatable bonds is 4. The Kier molecular flexibility index (Phi) is 5.05. The smallest absolute Gasteiger partial charge is 0.407 e. The van der Waals surface area contributed by atoms with Gasteiger partial charge in [-0.2, -0.15) is 0 Å². The van der Waals surface area contributed by atoms with Crippen LogP contribution in [-0.4, -0.2) is 51.8 Å². The lowest BCUT2D eigenvalue weighted by molar-refractivity contribution is 0.0709. The van der Waals surface area contributed by atoms with Crippen molar-refractivity contribution in [3.05, 3.63) is 39.6 Å². The van der Waals surface area contributed by atoms with E-state index in [9.17, 15) is 9.90 Å². The minimum absolute atomic E-state index is 0.0622. The molecule has 0 unspecified atom stereocenters. The maximum atomic E-state index is 11.3. The summed E-state index contributed by atoms with van der Waals surface area (Å²) >= 11 is 12.8. The van der Waals surface area contributed by atoms with E-state index in [0.717, 1.165) is 24.2 Å². The molecule has 1 N–H and O–H groups in total. The summed E-state index contributed by atoms with van der Waals surface area (Å²) in [5.74, 6) is 1.31. The highest BCUT2D eigenvalue weighted by molar-refractivity contribution is 6.39. The molecular formula is C19H21Cl2N3O3. The Hall–Kier alpha value is -1.76. The van der Waals surface area contributed by atoms with Crippen molar-refractivity contribution in [3.8, 4) is 11.3 Å². The van der Waals surface area contributed by atoms with Crippen molar-refractivity contribution in [1.82, 2.24) is 15.0 Å². The third-order valence-electron chi connectivity index (χ3n) is 5.31. The van der Waals surface area contributed by atoms with Crippen molar-refractivity contribution >= 4 is 29.3 Å². The molecule has 1 saturated carbocycles. The highest BCUT2D eigenvalue weighted by Gasteiger charge is 2.35. The lowest BCUT2D eigenvalue weighted by atomic mass is 10.0. The summed E-state index contributed by atoms with van der Waals surface area (Å²) in [6.45, 7) is 4.40. The molecule has 8 heteroatoms. The zero-order chi connectivity index (χ0) is 19.1. The van der Waals surface area contributed by atoms with Gasteiger partial charge in [0.2, 0.25) is 0 Å². The third-order valence-corrected chi connectivity index (χ3v) is 5.94. The van der Waals surface area contributed by atoms with E-state index in [-0.39, 0.29) is 6.04 Å². The molecule has 27 heavy (non-hydrogen) atoms. The van der Waals surface area contributed by atoms with Crippen LogP contribution in [0.25, 0.3) is 11.3 Å². The summed E-state index contributed by atoms with van der Waals surface area (Å²) in [5, 5.41) is 14.7. The van der Waals surface area contributed by atoms with Crippen molar-refractivity contribution in [2.45, 2.75) is 38.3 Å². The van der Waals surface area contributed by atoms with Crippen LogP contribution in [0.3, 0.4) is 0 Å². The number of benzene rings is 1. The zero-order valence-electron chi connectivity index (χ0n) is 15.0. The number of halogens is 2. The molecule has 1 saturated heterocycles. The normalized spacial score (nSPS) is 20.9. The molecule has 6 nitrogen and oxygen atoms in total. The number of piperazine rings is 1. The number of hydrogen-bond donors (Lipinski definition) is 1. The van der Waals surface area contributed by atoms with Gasteiger partial charge in [-0.25, -0.2) is 4.79 Å². The van der Waals surface area contributed by atoms with Gasteiger partial charge in [0.1, 0.15) is 11.5 Å². The number of aromatic nitrogens is 1. The van der Waals surface area contributed by atoms with Gasteiger partial charge in [0.15, 0.2) is 0 Å². The van der Waals surface area contributed by atoms with Crippen molar-refractivity contribution in [2.75, 3.05) is 19.6 Å². The van der Waals surface area contributed by atoms with Gasteiger partial charge in [-0.15, -0.1) is 0 Å². The van der Waals surface area contributed by atoms with Crippen LogP contribution in [0, 0.1) is 0 Å². The minimum Gasteiger partial charge on any atom is -0.465 e. The number of hydrogen-bond acceptors (Lipinski definition) is 4. The molecule has 1 atom stereocenters. The summed E-state index contributed by atoms with van der Waals surface area (Å²) in [6.07, 6.45) is 1.33. The molecule has 2 heterocycles. The first-order valence-corrected chi connectivity index (χ1v) is 9.86. The fourth-order valence-electron chi connectivity index (χ4n) is 3.75. The number of nitrogens with zero attached hydrogens (tertiary/aromatic N) is 3. The van der Waals surface area contributed by atoms with E-state index in [4.69, 9.17) is 27.7 Å². The first-order chi connectivity index (χ1) is 13.0. The summed E-state index contributed by atoms with van der Waals surface area (Å²) < 4.78 is 5.71. The molecule has 1 aliphatic carbocycles. The Morgan fingerprint density at radius 2 is 2.00 bits per heavy atom. The molecule has 1 amide bonds. The van der Waals surface area contributed by atoms with Crippen LogP contribution < -0.4 is 0 Å². The Bertz CT molecular complexity index is 846. The first kappa shape index (κ1) is 18.6. The lowest BCUT2D eigenvalue weighted by Crippen LogP contribution is -2.53. The molecule has 1 aliphatic heterocycles. The molecule has 2 aromatic rings. The van der Waals surface area contributed by atoms with Gasteiger partial charge in [-0.1, -0.05) is 34.4 Å². The Balaban J connectivity index is 1.64. The summed E-state index contributed by atoms with van der Waals surface area (Å²) in [6, 6.07) is 5.34. The lowest BCUT2D eigenvalue weighted by Gasteiger charge is -2.38. The van der Waals surface area contributed by atoms with Crippen LogP contribution in [0.1, 0.15) is 37.0 Å². The van der Waals surface area contributed by atoms with Crippen LogP contribution in [0.4, 0.5) is 4.79 Å². The average Bonchev–Trinajstić information content (AvgIpc) is 3.37. The van der Waals surface area contributed by atoms with Gasteiger partial charge in [0.05, 0.1) is 10.0 Å². The van der Waals surface area contributed by atoms with E-state index in [1.165, 1.54) is 4.90 Å². The molecule has 0 bridgehead atoms. The van der Waals surface area contributed by atoms with Crippen molar-refractivity contribution in [2.24, 2.45) is 0 Å². The minimum atomic E-state index is -0.866. The Morgan fingerprint density at radius 1 is 1.30 bits per heavy atom. The predicted molar refractivity (Wildman–Crippen MR) is 103 cm³/mol. The molecular weight excluding hydrogens is 389 g/mol. The van der Waals surface area contributed by atoms with Crippen LogP contribution in [0.15, 0.2) is 22.7 Å². The maximum absolute atomic E-state index is 11.3. The highest BCUT2D eigenvalue weighted by atomic mass is 35.5. The van der Waals surface area contributed by atoms with Crippen LogP contribution in [0.5, 0.6) is 0 Å². The topological polar surface area (TPSA) is 69.8 Å². The molecule has 1 aromatic carbocycles. The second kappa shape index (κ2) is 7.34. The molecule has 4 rings (SSSR count). The quantitative estimate of drug-likeness (QED) is 0.791. The molecule has 1 aromatic heterocycles. The Labute approximate surface area is 167 Å². The van der Waals surface area contributed by atoms with Gasteiger partial charge >= 0.3 is 6.09 Å². The van der Waals surface area contributed by atoms with E-state index in [2.05, 4.69) is 10.1 Å². The van der Waals surface area contributed by atoms with E-state index in [0.29, 0.717) is 53.4 Å². The SMILES string of the molecule is C[C@H]1CN(Cc2c(-c3c(Cl)cccc3Cl)noc2C2CC2)CCN1C(=O)O. The monoisotopic (exact) mass is 409 g/mol. The standard InChI is InChI=1S/C19H21Cl2N3O3/c1-11-9-23(7-8-24(11)19(25)26)10-13-17(22-27-18(13)12-5-6-12)16-14(20)3-2-4-15(16)21/h2-4,11-12H,5-10H2,1H3,(H,25,26)/t11-/m0/s1. The number of carbonyl (C=O) groups is 1. The Morgan fingerprint density at radius 3 is 2.59 bits per heavy atom. The zero-order valence-corrected chi connectivity index (χ0v) is 16.5. The van der Waals surface area contributed by atoms with Crippen molar-refractivity contribution < 1.29 is 14.4 Å². The van der Waals surface area contributed by atoms with Crippen molar-refractivity contribution in [3.63, 3.8) is 0 Å². The molecule has 2 fully saturated rings. The van der Waals surface area contributed by atoms with E-state index in [1.807, 2.05) is 13.0 Å². The second-order valence-corrected chi connectivity index (χ2v) is 8.12. The van der Waals surface area contributed by atoms with Gasteiger partial charge in [0.25, 0.3) is 0 Å². The van der Waals surface area contributed by atoms with Gasteiger partial charge in [0, 0.05) is 49.3 Å². The van der Waals surface area contributed by atoms with E-state index in [1.54, 1.807) is 12.1 Å². The molecule has 2 aliphatic rings. The van der Waals surface area contributed by atoms with Crippen LogP contribution in [0.2, 0.25) is 10.0 Å². The van der Waals surface area contributed by atoms with Crippen molar-refractivity contribution in [1.29, 1.82) is 0 Å². The summed E-state index contributed by atoms with van der Waals surface area (Å²) in [4.78, 5) is 15.0. The largest absolute Gasteiger partial charge is 0.465 e. The van der Waals surface area contributed by atoms with Crippen LogP contribution >= 0.6 is 23.2 Å². The summed E-state index contributed by atoms with van der Waals surface area (Å²) in [7, 11) is 0. The fraction of sp³-hybridized carbons (Fsp3) is 0.474. The average molecular weight is 410 g/mol. The second-order valence-electron chi connectivity index (χ2n) is 7.31. The van der Waals surface area contributed by atoms with E-state index < -0.39 is 6.09 Å². The molecule has 144 valence electrons. The van der Waals surface area contributed by atoms with Crippen LogP contribution in [-0.2, 0) is 6.54 Å². The highest BCUT2D eigenvalue weighted by Crippen LogP contribution is 2.46. The molecule has 0 spiro atoms. The summed E-state index contributed by atoms with van der Waals surface area (Å²) in [5.41, 5.74) is 2.41. The first-order valence-electron chi connectivity index (χ1n) is 9.10. The van der Waals surface area contributed by atoms with E-state index >= 15 is 0 Å². The molecule has 0 radical (unpaired) electrons.